The minimum Gasteiger partial charge on any atom is -0.504 e. The van der Waals surface area contributed by atoms with Gasteiger partial charge in [0, 0.05) is 6.04 Å². The Balaban J connectivity index is 1.76. The molecule has 0 radical (unpaired) electrons. The topological polar surface area (TPSA) is 50.7 Å². The molecule has 0 amide bonds. The molecule has 2 aliphatic heterocycles. The van der Waals surface area contributed by atoms with Crippen LogP contribution in [0.1, 0.15) is 24.8 Å². The number of nitrogens with one attached hydrogen (secondary N) is 1. The Labute approximate surface area is 101 Å². The molecule has 0 spiro atoms. The Kier molecular flexibility index (Phi) is 2.81. The van der Waals surface area contributed by atoms with E-state index in [0.29, 0.717) is 17.5 Å². The van der Waals surface area contributed by atoms with E-state index in [0.717, 1.165) is 18.5 Å². The predicted molar refractivity (Wildman–Crippen MR) is 63.6 cm³/mol. The van der Waals surface area contributed by atoms with E-state index >= 15 is 0 Å². The molecule has 1 aromatic carbocycles. The highest BCUT2D eigenvalue weighted by atomic mass is 16.7. The van der Waals surface area contributed by atoms with E-state index in [1.54, 1.807) is 6.07 Å². The van der Waals surface area contributed by atoms with E-state index in [2.05, 4.69) is 5.32 Å². The molecule has 2 aliphatic rings. The van der Waals surface area contributed by atoms with Gasteiger partial charge in [-0.05, 0) is 43.5 Å². The quantitative estimate of drug-likeness (QED) is 0.820. The van der Waals surface area contributed by atoms with Gasteiger partial charge in [-0.3, -0.25) is 0 Å². The molecule has 2 heterocycles. The molecule has 1 atom stereocenters. The van der Waals surface area contributed by atoms with Crippen molar-refractivity contribution in [2.75, 3.05) is 13.3 Å². The Hall–Kier alpha value is -1.42. The molecule has 4 heteroatoms. The second kappa shape index (κ2) is 4.45. The third kappa shape index (κ3) is 2.17. The summed E-state index contributed by atoms with van der Waals surface area (Å²) in [7, 11) is 0. The largest absolute Gasteiger partial charge is 0.504 e. The van der Waals surface area contributed by atoms with Crippen molar-refractivity contribution < 1.29 is 14.6 Å². The van der Waals surface area contributed by atoms with Crippen molar-refractivity contribution in [1.29, 1.82) is 0 Å². The molecule has 0 aliphatic carbocycles. The maximum atomic E-state index is 9.82. The van der Waals surface area contributed by atoms with E-state index in [9.17, 15) is 5.11 Å². The minimum absolute atomic E-state index is 0.186. The van der Waals surface area contributed by atoms with Crippen molar-refractivity contribution >= 4 is 0 Å². The van der Waals surface area contributed by atoms with Gasteiger partial charge in [-0.2, -0.15) is 0 Å². The number of phenols is 1. The number of ether oxygens (including phenoxy) is 2. The van der Waals surface area contributed by atoms with Crippen LogP contribution in [0.2, 0.25) is 0 Å². The molecule has 0 aromatic heterocycles. The summed E-state index contributed by atoms with van der Waals surface area (Å²) < 4.78 is 10.5. The molecule has 17 heavy (non-hydrogen) atoms. The summed E-state index contributed by atoms with van der Waals surface area (Å²) in [5, 5.41) is 13.3. The highest BCUT2D eigenvalue weighted by Gasteiger charge is 2.20. The fraction of sp³-hybridized carbons (Fsp3) is 0.538. The van der Waals surface area contributed by atoms with Crippen LogP contribution in [0.5, 0.6) is 17.2 Å². The van der Waals surface area contributed by atoms with Crippen LogP contribution < -0.4 is 14.8 Å². The van der Waals surface area contributed by atoms with Crippen molar-refractivity contribution in [2.24, 2.45) is 0 Å². The van der Waals surface area contributed by atoms with Crippen LogP contribution >= 0.6 is 0 Å². The number of aromatic hydroxyl groups is 1. The molecule has 2 N–H and O–H groups in total. The van der Waals surface area contributed by atoms with Crippen molar-refractivity contribution in [3.8, 4) is 17.2 Å². The van der Waals surface area contributed by atoms with Crippen molar-refractivity contribution in [2.45, 2.75) is 31.7 Å². The lowest BCUT2D eigenvalue weighted by Gasteiger charge is -2.23. The van der Waals surface area contributed by atoms with Gasteiger partial charge in [0.2, 0.25) is 12.5 Å². The maximum Gasteiger partial charge on any atom is 0.231 e. The Morgan fingerprint density at radius 1 is 1.29 bits per heavy atom. The number of piperidine rings is 1. The van der Waals surface area contributed by atoms with Gasteiger partial charge in [0.1, 0.15) is 0 Å². The van der Waals surface area contributed by atoms with E-state index in [1.165, 1.54) is 19.3 Å². The van der Waals surface area contributed by atoms with Crippen LogP contribution in [-0.2, 0) is 6.42 Å². The molecule has 92 valence electrons. The fourth-order valence-corrected chi connectivity index (χ4v) is 2.55. The first-order valence-electron chi connectivity index (χ1n) is 6.18. The summed E-state index contributed by atoms with van der Waals surface area (Å²) in [5.74, 6) is 1.33. The van der Waals surface area contributed by atoms with Crippen LogP contribution in [0.3, 0.4) is 0 Å². The smallest absolute Gasteiger partial charge is 0.231 e. The monoisotopic (exact) mass is 235 g/mol. The number of phenolic OH excluding ortho intramolecular Hbond substituents is 1. The molecular weight excluding hydrogens is 218 g/mol. The summed E-state index contributed by atoms with van der Waals surface area (Å²) in [6.07, 6.45) is 4.69. The second-order valence-corrected chi connectivity index (χ2v) is 4.70. The zero-order chi connectivity index (χ0) is 11.7. The normalized spacial score (nSPS) is 22.7. The summed E-state index contributed by atoms with van der Waals surface area (Å²) in [5.41, 5.74) is 1.10. The fourth-order valence-electron chi connectivity index (χ4n) is 2.55. The first-order valence-corrected chi connectivity index (χ1v) is 6.18. The van der Waals surface area contributed by atoms with Crippen LogP contribution in [0.15, 0.2) is 12.1 Å². The molecule has 1 fully saturated rings. The van der Waals surface area contributed by atoms with E-state index < -0.39 is 0 Å². The third-order valence-electron chi connectivity index (χ3n) is 3.41. The second-order valence-electron chi connectivity index (χ2n) is 4.70. The molecule has 0 bridgehead atoms. The minimum atomic E-state index is 0.186. The summed E-state index contributed by atoms with van der Waals surface area (Å²) in [6.45, 7) is 1.30. The van der Waals surface area contributed by atoms with Crippen molar-refractivity contribution in [3.63, 3.8) is 0 Å². The number of fused-ring (bicyclic) bond motifs is 1. The first kappa shape index (κ1) is 10.7. The van der Waals surface area contributed by atoms with Gasteiger partial charge in [-0.25, -0.2) is 0 Å². The summed E-state index contributed by atoms with van der Waals surface area (Å²) in [4.78, 5) is 0. The lowest BCUT2D eigenvalue weighted by Crippen LogP contribution is -2.35. The zero-order valence-corrected chi connectivity index (χ0v) is 9.74. The SMILES string of the molecule is Oc1cc(CC2CCCCN2)cc2c1OCO2. The van der Waals surface area contributed by atoms with Gasteiger partial charge in [0.25, 0.3) is 0 Å². The van der Waals surface area contributed by atoms with Crippen LogP contribution in [0.4, 0.5) is 0 Å². The lowest BCUT2D eigenvalue weighted by molar-refractivity contribution is 0.171. The van der Waals surface area contributed by atoms with Gasteiger partial charge in [-0.15, -0.1) is 0 Å². The lowest BCUT2D eigenvalue weighted by atomic mass is 9.97. The third-order valence-corrected chi connectivity index (χ3v) is 3.41. The number of hydrogen-bond donors (Lipinski definition) is 2. The van der Waals surface area contributed by atoms with Gasteiger partial charge < -0.3 is 19.9 Å². The van der Waals surface area contributed by atoms with Crippen molar-refractivity contribution in [3.05, 3.63) is 17.7 Å². The number of benzene rings is 1. The molecule has 0 saturated carbocycles. The van der Waals surface area contributed by atoms with Gasteiger partial charge >= 0.3 is 0 Å². The Morgan fingerprint density at radius 3 is 3.06 bits per heavy atom. The van der Waals surface area contributed by atoms with Crippen molar-refractivity contribution in [1.82, 2.24) is 5.32 Å². The van der Waals surface area contributed by atoms with Crippen LogP contribution in [0, 0.1) is 0 Å². The predicted octanol–water partition coefficient (Wildman–Crippen LogP) is 1.81. The van der Waals surface area contributed by atoms with E-state index in [-0.39, 0.29) is 12.5 Å². The average Bonchev–Trinajstić information content (AvgIpc) is 2.79. The van der Waals surface area contributed by atoms with Gasteiger partial charge in [0.15, 0.2) is 11.5 Å². The number of rotatable bonds is 2. The average molecular weight is 235 g/mol. The van der Waals surface area contributed by atoms with Gasteiger partial charge in [0.05, 0.1) is 0 Å². The zero-order valence-electron chi connectivity index (χ0n) is 9.74. The first-order chi connectivity index (χ1) is 8.33. The maximum absolute atomic E-state index is 9.82. The molecule has 1 aromatic rings. The number of hydrogen-bond acceptors (Lipinski definition) is 4. The van der Waals surface area contributed by atoms with E-state index in [4.69, 9.17) is 9.47 Å². The van der Waals surface area contributed by atoms with Crippen LogP contribution in [-0.4, -0.2) is 24.5 Å². The van der Waals surface area contributed by atoms with Crippen LogP contribution in [0.25, 0.3) is 0 Å². The molecule has 4 nitrogen and oxygen atoms in total. The highest BCUT2D eigenvalue weighted by molar-refractivity contribution is 5.54. The standard InChI is InChI=1S/C13H17NO3/c15-11-6-9(5-10-3-1-2-4-14-10)7-12-13(11)17-8-16-12/h6-7,10,14-15H,1-5,8H2. The molecule has 3 rings (SSSR count). The Bertz CT molecular complexity index is 413. The summed E-state index contributed by atoms with van der Waals surface area (Å²) >= 11 is 0. The highest BCUT2D eigenvalue weighted by Crippen LogP contribution is 2.41. The molecule has 1 saturated heterocycles. The van der Waals surface area contributed by atoms with E-state index in [1.807, 2.05) is 6.07 Å². The molecular formula is C13H17NO3. The van der Waals surface area contributed by atoms with Gasteiger partial charge in [-0.1, -0.05) is 6.42 Å². The molecule has 1 unspecified atom stereocenters. The summed E-state index contributed by atoms with van der Waals surface area (Å²) in [6, 6.07) is 4.27. The Morgan fingerprint density at radius 2 is 2.24 bits per heavy atom.